The molecule has 1 fully saturated rings. The normalized spacial score (nSPS) is 27.1. The van der Waals surface area contributed by atoms with Crippen LogP contribution in [0.1, 0.15) is 39.5 Å². The van der Waals surface area contributed by atoms with Gasteiger partial charge in [-0.3, -0.25) is 0 Å². The van der Waals surface area contributed by atoms with Crippen LogP contribution in [0.25, 0.3) is 0 Å². The number of allylic oxidation sites excluding steroid dienone is 2. The van der Waals surface area contributed by atoms with Crippen LogP contribution in [-0.2, 0) is 0 Å². The maximum atomic E-state index is 6.11. The molecule has 1 atom stereocenters. The van der Waals surface area contributed by atoms with E-state index >= 15 is 0 Å². The molecule has 2 bridgehead atoms. The van der Waals surface area contributed by atoms with Gasteiger partial charge in [0.15, 0.2) is 0 Å². The summed E-state index contributed by atoms with van der Waals surface area (Å²) in [6.07, 6.45) is 6.83. The van der Waals surface area contributed by atoms with Crippen LogP contribution in [0.5, 0.6) is 0 Å². The van der Waals surface area contributed by atoms with E-state index in [2.05, 4.69) is 25.2 Å². The molecule has 2 heterocycles. The molecule has 2 aliphatic heterocycles. The zero-order chi connectivity index (χ0) is 10.1. The molecule has 0 aromatic heterocycles. The summed E-state index contributed by atoms with van der Waals surface area (Å²) in [7, 11) is 0. The summed E-state index contributed by atoms with van der Waals surface area (Å²) in [5, 5.41) is 3.63. The molecule has 78 valence electrons. The molecule has 0 amide bonds. The van der Waals surface area contributed by atoms with Crippen molar-refractivity contribution < 1.29 is 0 Å². The molecule has 0 saturated carbocycles. The van der Waals surface area contributed by atoms with Gasteiger partial charge in [0, 0.05) is 17.8 Å². The first-order valence-electron chi connectivity index (χ1n) is 5.61. The zero-order valence-corrected chi connectivity index (χ0v) is 9.14. The van der Waals surface area contributed by atoms with Crippen LogP contribution >= 0.6 is 0 Å². The van der Waals surface area contributed by atoms with E-state index in [1.807, 2.05) is 0 Å². The third-order valence-electron chi connectivity index (χ3n) is 3.26. The van der Waals surface area contributed by atoms with Crippen molar-refractivity contribution in [3.63, 3.8) is 0 Å². The lowest BCUT2D eigenvalue weighted by atomic mass is 9.91. The van der Waals surface area contributed by atoms with Crippen LogP contribution in [-0.4, -0.2) is 6.04 Å². The van der Waals surface area contributed by atoms with Crippen molar-refractivity contribution in [2.24, 2.45) is 11.7 Å². The molecule has 0 aromatic carbocycles. The predicted octanol–water partition coefficient (Wildman–Crippen LogP) is 2.28. The van der Waals surface area contributed by atoms with Gasteiger partial charge < -0.3 is 11.1 Å². The highest BCUT2D eigenvalue weighted by atomic mass is 14.9. The van der Waals surface area contributed by atoms with Gasteiger partial charge in [0.1, 0.15) is 0 Å². The molecule has 3 N–H and O–H groups in total. The van der Waals surface area contributed by atoms with E-state index in [-0.39, 0.29) is 0 Å². The average Bonchev–Trinajstić information content (AvgIpc) is 2.41. The molecule has 1 unspecified atom stereocenters. The van der Waals surface area contributed by atoms with Gasteiger partial charge in [0.25, 0.3) is 0 Å². The zero-order valence-electron chi connectivity index (χ0n) is 9.14. The number of rotatable bonds is 1. The van der Waals surface area contributed by atoms with E-state index in [0.717, 1.165) is 12.1 Å². The molecule has 14 heavy (non-hydrogen) atoms. The van der Waals surface area contributed by atoms with E-state index in [1.165, 1.54) is 30.5 Å². The summed E-state index contributed by atoms with van der Waals surface area (Å²) in [4.78, 5) is 0. The highest BCUT2D eigenvalue weighted by Crippen LogP contribution is 2.30. The molecule has 0 radical (unpaired) electrons. The Morgan fingerprint density at radius 3 is 2.93 bits per heavy atom. The molecule has 0 spiro atoms. The predicted molar refractivity (Wildman–Crippen MR) is 59.5 cm³/mol. The second kappa shape index (κ2) is 3.68. The second-order valence-electron chi connectivity index (χ2n) is 4.70. The number of hydrogen-bond acceptors (Lipinski definition) is 2. The summed E-state index contributed by atoms with van der Waals surface area (Å²) in [5.41, 5.74) is 10.1. The minimum atomic E-state index is 0.478. The van der Waals surface area contributed by atoms with Gasteiger partial charge in [0.2, 0.25) is 0 Å². The lowest BCUT2D eigenvalue weighted by Crippen LogP contribution is -2.33. The van der Waals surface area contributed by atoms with Gasteiger partial charge in [-0.05, 0) is 30.8 Å². The van der Waals surface area contributed by atoms with Crippen LogP contribution in [0.3, 0.4) is 0 Å². The van der Waals surface area contributed by atoms with Gasteiger partial charge >= 0.3 is 0 Å². The molecule has 0 aromatic rings. The van der Waals surface area contributed by atoms with Gasteiger partial charge in [0.05, 0.1) is 6.04 Å². The van der Waals surface area contributed by atoms with Crippen molar-refractivity contribution in [1.29, 1.82) is 0 Å². The van der Waals surface area contributed by atoms with E-state index in [0.29, 0.717) is 12.0 Å². The van der Waals surface area contributed by atoms with Crippen LogP contribution in [0.4, 0.5) is 0 Å². The smallest absolute Gasteiger partial charge is 0.0513 e. The third-order valence-corrected chi connectivity index (χ3v) is 3.26. The molecular weight excluding hydrogens is 172 g/mol. The Balaban J connectivity index is 2.35. The Morgan fingerprint density at radius 1 is 1.43 bits per heavy atom. The molecule has 2 aliphatic rings. The minimum absolute atomic E-state index is 0.478. The summed E-state index contributed by atoms with van der Waals surface area (Å²) in [6.45, 7) is 4.53. The van der Waals surface area contributed by atoms with Crippen LogP contribution < -0.4 is 11.1 Å². The fourth-order valence-corrected chi connectivity index (χ4v) is 2.44. The molecule has 1 saturated heterocycles. The van der Waals surface area contributed by atoms with Gasteiger partial charge in [-0.2, -0.15) is 0 Å². The van der Waals surface area contributed by atoms with Gasteiger partial charge in [-0.1, -0.05) is 19.9 Å². The monoisotopic (exact) mass is 192 g/mol. The lowest BCUT2D eigenvalue weighted by Gasteiger charge is -2.24. The van der Waals surface area contributed by atoms with Crippen molar-refractivity contribution >= 4 is 0 Å². The molecule has 0 aliphatic carbocycles. The summed E-state index contributed by atoms with van der Waals surface area (Å²) >= 11 is 0. The number of nitrogens with one attached hydrogen (secondary N) is 1. The molecule has 2 heteroatoms. The number of hydrogen-bond donors (Lipinski definition) is 2. The van der Waals surface area contributed by atoms with Crippen molar-refractivity contribution in [3.8, 4) is 0 Å². The maximum absolute atomic E-state index is 6.11. The van der Waals surface area contributed by atoms with Crippen LogP contribution in [0.2, 0.25) is 0 Å². The first kappa shape index (κ1) is 9.63. The van der Waals surface area contributed by atoms with Crippen LogP contribution in [0, 0.1) is 5.92 Å². The maximum Gasteiger partial charge on any atom is 0.0513 e. The SMILES string of the molecule is CC(C)C1NC2=CCC(N)=C1CCC2. The highest BCUT2D eigenvalue weighted by Gasteiger charge is 2.25. The quantitative estimate of drug-likeness (QED) is 0.669. The number of fused-ring (bicyclic) bond motifs is 3. The molecule has 2 rings (SSSR count). The standard InChI is InChI=1S/C12H20N2/c1-8(2)12-10-5-3-4-9(14-12)6-7-11(10)13/h6,8,12,14H,3-5,7,13H2,1-2H3. The summed E-state index contributed by atoms with van der Waals surface area (Å²) < 4.78 is 0. The van der Waals surface area contributed by atoms with E-state index in [1.54, 1.807) is 0 Å². The topological polar surface area (TPSA) is 38.0 Å². The van der Waals surface area contributed by atoms with Gasteiger partial charge in [-0.15, -0.1) is 0 Å². The lowest BCUT2D eigenvalue weighted by molar-refractivity contribution is 0.480. The molecular formula is C12H20N2. The van der Waals surface area contributed by atoms with Crippen molar-refractivity contribution in [1.82, 2.24) is 5.32 Å². The Bertz CT molecular complexity index is 287. The first-order chi connectivity index (χ1) is 6.68. The van der Waals surface area contributed by atoms with Crippen molar-refractivity contribution in [3.05, 3.63) is 23.0 Å². The van der Waals surface area contributed by atoms with Crippen molar-refractivity contribution in [2.75, 3.05) is 0 Å². The largest absolute Gasteiger partial charge is 0.402 e. The Hall–Kier alpha value is -0.920. The van der Waals surface area contributed by atoms with E-state index in [4.69, 9.17) is 5.73 Å². The van der Waals surface area contributed by atoms with Crippen LogP contribution in [0.15, 0.2) is 23.0 Å². The highest BCUT2D eigenvalue weighted by molar-refractivity contribution is 5.28. The van der Waals surface area contributed by atoms with E-state index in [9.17, 15) is 0 Å². The third kappa shape index (κ3) is 1.66. The van der Waals surface area contributed by atoms with Crippen molar-refractivity contribution in [2.45, 2.75) is 45.6 Å². The Labute approximate surface area is 86.3 Å². The second-order valence-corrected chi connectivity index (χ2v) is 4.70. The fraction of sp³-hybridized carbons (Fsp3) is 0.667. The Kier molecular flexibility index (Phi) is 2.53. The van der Waals surface area contributed by atoms with Gasteiger partial charge in [-0.25, -0.2) is 0 Å². The van der Waals surface area contributed by atoms with E-state index < -0.39 is 0 Å². The fourth-order valence-electron chi connectivity index (χ4n) is 2.44. The summed E-state index contributed by atoms with van der Waals surface area (Å²) in [5.74, 6) is 0.628. The number of nitrogens with two attached hydrogens (primary N) is 1. The molecule has 2 nitrogen and oxygen atoms in total. The minimum Gasteiger partial charge on any atom is -0.402 e. The summed E-state index contributed by atoms with van der Waals surface area (Å²) in [6, 6.07) is 0.478. The average molecular weight is 192 g/mol. The first-order valence-corrected chi connectivity index (χ1v) is 5.61. The Morgan fingerprint density at radius 2 is 2.21 bits per heavy atom.